The van der Waals surface area contributed by atoms with Crippen LogP contribution in [0.3, 0.4) is 0 Å². The number of fused-ring (bicyclic) bond motifs is 6. The minimum atomic E-state index is -1.47. The van der Waals surface area contributed by atoms with Crippen molar-refractivity contribution in [1.82, 2.24) is 0 Å². The Hall–Kier alpha value is -4.89. The quantitative estimate of drug-likeness (QED) is 0.185. The van der Waals surface area contributed by atoms with E-state index in [1.54, 1.807) is 23.6 Å². The van der Waals surface area contributed by atoms with Crippen molar-refractivity contribution in [2.45, 2.75) is 24.4 Å². The molecule has 3 aromatic carbocycles. The smallest absolute Gasteiger partial charge is 0.270 e. The molecule has 3 aliphatic rings. The molecule has 7 rings (SSSR count). The van der Waals surface area contributed by atoms with Crippen molar-refractivity contribution in [3.8, 4) is 0 Å². The topological polar surface area (TPSA) is 110 Å². The molecule has 0 saturated carbocycles. The number of ketones is 2. The monoisotopic (exact) mass is 561 g/mol. The molecule has 4 heterocycles. The highest BCUT2D eigenvalue weighted by Gasteiger charge is 2.70. The number of allylic oxidation sites excluding steroid dienone is 1. The number of nitrogens with zero attached hydrogens (tertiary/aromatic N) is 2. The number of nitro benzene ring substituents is 1. The first kappa shape index (κ1) is 25.1. The average Bonchev–Trinajstić information content (AvgIpc) is 3.70. The zero-order chi connectivity index (χ0) is 28.5. The van der Waals surface area contributed by atoms with Gasteiger partial charge in [0, 0.05) is 34.6 Å². The van der Waals surface area contributed by atoms with Crippen LogP contribution in [0, 0.1) is 16.0 Å². The molecular weight excluding hydrogens is 538 g/mol. The molecule has 202 valence electrons. The summed E-state index contributed by atoms with van der Waals surface area (Å²) in [5.41, 5.74) is 2.21. The van der Waals surface area contributed by atoms with Gasteiger partial charge < -0.3 is 10.2 Å². The summed E-state index contributed by atoms with van der Waals surface area (Å²) in [4.78, 5) is 57.1. The maximum Gasteiger partial charge on any atom is 0.270 e. The standard InChI is InChI=1S/C32H23N3O5S/c1-18-16-26-32(22-11-3-4-12-23(22)33-31(32)38)27(29(36)19-8-6-9-20(17-19)35(39)40)28(30(37)25-14-7-15-41-25)34(26)24-13-5-2-10-21(18)24/h2-17,26-28H,1H3,(H,33,38)/t26-,27+,28-,32+/m0/s1. The van der Waals surface area contributed by atoms with Crippen LogP contribution in [0.4, 0.5) is 17.1 Å². The number of hydrogen-bond acceptors (Lipinski definition) is 7. The molecule has 1 N–H and O–H groups in total. The van der Waals surface area contributed by atoms with Crippen molar-refractivity contribution in [2.75, 3.05) is 10.2 Å². The van der Waals surface area contributed by atoms with Gasteiger partial charge in [-0.1, -0.05) is 60.7 Å². The number of benzene rings is 3. The van der Waals surface area contributed by atoms with Crippen molar-refractivity contribution in [3.05, 3.63) is 128 Å². The highest BCUT2D eigenvalue weighted by molar-refractivity contribution is 7.12. The van der Waals surface area contributed by atoms with Crippen LogP contribution in [0.15, 0.2) is 96.4 Å². The van der Waals surface area contributed by atoms with Gasteiger partial charge in [0.05, 0.1) is 21.8 Å². The molecule has 1 fully saturated rings. The van der Waals surface area contributed by atoms with Gasteiger partial charge in [-0.2, -0.15) is 0 Å². The van der Waals surface area contributed by atoms with Crippen LogP contribution >= 0.6 is 11.3 Å². The van der Waals surface area contributed by atoms with Gasteiger partial charge in [-0.15, -0.1) is 11.3 Å². The van der Waals surface area contributed by atoms with E-state index in [0.29, 0.717) is 16.1 Å². The highest BCUT2D eigenvalue weighted by atomic mass is 32.1. The molecule has 1 aromatic heterocycles. The Bertz CT molecular complexity index is 1810. The SMILES string of the molecule is CC1=C[C@@H]2N(c3ccccc31)[C@H](C(=O)c1cccs1)[C@H](C(=O)c1cccc([N+](=O)[O-])c1)[C@]21C(=O)Nc2ccccc21. The fraction of sp³-hybridized carbons (Fsp3) is 0.156. The number of Topliss-reactive ketones (excluding diaryl/α,β-unsaturated/α-hetero) is 2. The predicted molar refractivity (Wildman–Crippen MR) is 156 cm³/mol. The summed E-state index contributed by atoms with van der Waals surface area (Å²) < 4.78 is 0. The lowest BCUT2D eigenvalue weighted by atomic mass is 9.64. The summed E-state index contributed by atoms with van der Waals surface area (Å²) in [6, 6.07) is 22.3. The fourth-order valence-electron chi connectivity index (χ4n) is 6.90. The molecule has 9 heteroatoms. The second-order valence-corrected chi connectivity index (χ2v) is 11.5. The largest absolute Gasteiger partial charge is 0.352 e. The Kier molecular flexibility index (Phi) is 5.55. The predicted octanol–water partition coefficient (Wildman–Crippen LogP) is 5.90. The molecule has 1 saturated heterocycles. The molecule has 3 aliphatic heterocycles. The molecule has 41 heavy (non-hydrogen) atoms. The van der Waals surface area contributed by atoms with Crippen molar-refractivity contribution in [2.24, 2.45) is 5.92 Å². The van der Waals surface area contributed by atoms with E-state index < -0.39 is 34.1 Å². The van der Waals surface area contributed by atoms with E-state index >= 15 is 0 Å². The molecule has 1 spiro atoms. The Morgan fingerprint density at radius 1 is 0.976 bits per heavy atom. The van der Waals surface area contributed by atoms with E-state index in [2.05, 4.69) is 5.32 Å². The Morgan fingerprint density at radius 2 is 1.76 bits per heavy atom. The lowest BCUT2D eigenvalue weighted by molar-refractivity contribution is -0.384. The molecule has 1 amide bonds. The maximum absolute atomic E-state index is 14.8. The number of thiophene rings is 1. The third-order valence-electron chi connectivity index (χ3n) is 8.54. The van der Waals surface area contributed by atoms with Gasteiger partial charge >= 0.3 is 0 Å². The first-order chi connectivity index (χ1) is 19.8. The van der Waals surface area contributed by atoms with Crippen LogP contribution in [0.25, 0.3) is 5.57 Å². The fourth-order valence-corrected chi connectivity index (χ4v) is 7.60. The zero-order valence-electron chi connectivity index (χ0n) is 21.8. The Morgan fingerprint density at radius 3 is 2.54 bits per heavy atom. The highest BCUT2D eigenvalue weighted by Crippen LogP contribution is 2.59. The summed E-state index contributed by atoms with van der Waals surface area (Å²) in [6.45, 7) is 1.97. The zero-order valence-corrected chi connectivity index (χ0v) is 22.6. The number of carbonyl (C=O) groups is 3. The van der Waals surface area contributed by atoms with E-state index in [4.69, 9.17) is 0 Å². The molecular formula is C32H23N3O5S. The summed E-state index contributed by atoms with van der Waals surface area (Å²) in [5, 5.41) is 16.4. The lowest BCUT2D eigenvalue weighted by Gasteiger charge is -2.39. The van der Waals surface area contributed by atoms with Crippen LogP contribution in [0.1, 0.15) is 38.1 Å². The van der Waals surface area contributed by atoms with E-state index in [1.165, 1.54) is 35.6 Å². The van der Waals surface area contributed by atoms with E-state index in [9.17, 15) is 24.5 Å². The van der Waals surface area contributed by atoms with Crippen LogP contribution in [0.5, 0.6) is 0 Å². The summed E-state index contributed by atoms with van der Waals surface area (Å²) >= 11 is 1.28. The van der Waals surface area contributed by atoms with Crippen molar-refractivity contribution in [3.63, 3.8) is 0 Å². The van der Waals surface area contributed by atoms with Crippen molar-refractivity contribution in [1.29, 1.82) is 0 Å². The third-order valence-corrected chi connectivity index (χ3v) is 9.42. The summed E-state index contributed by atoms with van der Waals surface area (Å²) in [7, 11) is 0. The van der Waals surface area contributed by atoms with Crippen molar-refractivity contribution >= 4 is 51.4 Å². The Labute approximate surface area is 239 Å². The number of non-ortho nitro benzene ring substituents is 1. The summed E-state index contributed by atoms with van der Waals surface area (Å²) in [5.74, 6) is -2.32. The first-order valence-electron chi connectivity index (χ1n) is 13.2. The second-order valence-electron chi connectivity index (χ2n) is 10.5. The van der Waals surface area contributed by atoms with Crippen LogP contribution < -0.4 is 10.2 Å². The minimum absolute atomic E-state index is 0.0820. The molecule has 4 atom stereocenters. The number of rotatable bonds is 5. The van der Waals surface area contributed by atoms with Gasteiger partial charge in [-0.25, -0.2) is 0 Å². The van der Waals surface area contributed by atoms with Gasteiger partial charge in [-0.3, -0.25) is 24.5 Å². The van der Waals surface area contributed by atoms with Gasteiger partial charge in [-0.05, 0) is 41.6 Å². The molecule has 8 nitrogen and oxygen atoms in total. The van der Waals surface area contributed by atoms with Gasteiger partial charge in [0.2, 0.25) is 5.91 Å². The van der Waals surface area contributed by atoms with Crippen LogP contribution in [-0.2, 0) is 10.2 Å². The number of para-hydroxylation sites is 2. The van der Waals surface area contributed by atoms with Crippen LogP contribution in [-0.4, -0.2) is 34.5 Å². The normalized spacial score (nSPS) is 23.8. The second kappa shape index (κ2) is 9.07. The van der Waals surface area contributed by atoms with Gasteiger partial charge in [0.25, 0.3) is 5.69 Å². The number of nitrogens with one attached hydrogen (secondary N) is 1. The molecule has 0 aliphatic carbocycles. The maximum atomic E-state index is 14.8. The minimum Gasteiger partial charge on any atom is -0.352 e. The number of amides is 1. The van der Waals surface area contributed by atoms with Gasteiger partial charge in [0.15, 0.2) is 11.6 Å². The average molecular weight is 562 g/mol. The molecule has 0 bridgehead atoms. The first-order valence-corrected chi connectivity index (χ1v) is 14.1. The molecule has 0 radical (unpaired) electrons. The van der Waals surface area contributed by atoms with Crippen molar-refractivity contribution < 1.29 is 19.3 Å². The molecule has 4 aromatic rings. The number of nitro groups is 1. The molecule has 0 unspecified atom stereocenters. The van der Waals surface area contributed by atoms with E-state index in [0.717, 1.165) is 16.8 Å². The van der Waals surface area contributed by atoms with Gasteiger partial charge in [0.1, 0.15) is 11.5 Å². The van der Waals surface area contributed by atoms with Crippen LogP contribution in [0.2, 0.25) is 0 Å². The number of hydrogen-bond donors (Lipinski definition) is 1. The van der Waals surface area contributed by atoms with E-state index in [-0.39, 0.29) is 22.9 Å². The lowest BCUT2D eigenvalue weighted by Crippen LogP contribution is -2.51. The van der Waals surface area contributed by atoms with E-state index in [1.807, 2.05) is 60.4 Å². The number of anilines is 2. The third kappa shape index (κ3) is 3.42. The summed E-state index contributed by atoms with van der Waals surface area (Å²) in [6.07, 6.45) is 1.99. The number of carbonyl (C=O) groups excluding carboxylic acids is 3. The Balaban J connectivity index is 1.55.